The van der Waals surface area contributed by atoms with Gasteiger partial charge in [0, 0.05) is 50.7 Å². The molecule has 5 heteroatoms. The molecule has 25 heavy (non-hydrogen) atoms. The van der Waals surface area contributed by atoms with Gasteiger partial charge in [-0.2, -0.15) is 0 Å². The van der Waals surface area contributed by atoms with Crippen LogP contribution in [0, 0.1) is 0 Å². The highest BCUT2D eigenvalue weighted by molar-refractivity contribution is 5.76. The number of piperazine rings is 1. The van der Waals surface area contributed by atoms with E-state index in [1.807, 2.05) is 11.0 Å². The van der Waals surface area contributed by atoms with Gasteiger partial charge in [-0.25, -0.2) is 0 Å². The molecule has 3 aliphatic rings. The molecule has 142 valence electrons. The highest BCUT2D eigenvalue weighted by Gasteiger charge is 2.43. The van der Waals surface area contributed by atoms with Crippen LogP contribution >= 0.6 is 0 Å². The molecule has 3 rings (SSSR count). The van der Waals surface area contributed by atoms with E-state index in [1.54, 1.807) is 0 Å². The Kier molecular flexibility index (Phi) is 6.18. The van der Waals surface area contributed by atoms with Crippen LogP contribution in [0.2, 0.25) is 0 Å². The van der Waals surface area contributed by atoms with E-state index in [0.29, 0.717) is 18.9 Å². The van der Waals surface area contributed by atoms with Gasteiger partial charge in [-0.1, -0.05) is 13.0 Å². The zero-order chi connectivity index (χ0) is 17.9. The zero-order valence-electron chi connectivity index (χ0n) is 16.3. The maximum absolute atomic E-state index is 12.4. The molecule has 0 unspecified atom stereocenters. The number of hydrogen-bond donors (Lipinski definition) is 0. The minimum Gasteiger partial charge on any atom is -0.339 e. The molecule has 0 aromatic rings. The van der Waals surface area contributed by atoms with Crippen molar-refractivity contribution in [3.63, 3.8) is 0 Å². The average Bonchev–Trinajstić information content (AvgIpc) is 2.79. The van der Waals surface area contributed by atoms with Crippen LogP contribution in [0.4, 0.5) is 0 Å². The SMILES string of the molecule is C=CCN1CC[C@@]2(CCC1=O)CN(C1CCN(CC)CC1)CCN2C. The number of rotatable bonds is 4. The molecular formula is C20H36N4O. The first-order valence-corrected chi connectivity index (χ1v) is 10.1. The number of hydrogen-bond acceptors (Lipinski definition) is 4. The third kappa shape index (κ3) is 4.09. The fourth-order valence-corrected chi connectivity index (χ4v) is 4.99. The first-order chi connectivity index (χ1) is 12.1. The van der Waals surface area contributed by atoms with Crippen molar-refractivity contribution >= 4 is 5.91 Å². The molecule has 0 aliphatic carbocycles. The molecule has 3 aliphatic heterocycles. The largest absolute Gasteiger partial charge is 0.339 e. The predicted molar refractivity (Wildman–Crippen MR) is 103 cm³/mol. The average molecular weight is 349 g/mol. The highest BCUT2D eigenvalue weighted by Crippen LogP contribution is 2.34. The minimum atomic E-state index is 0.172. The molecule has 3 fully saturated rings. The van der Waals surface area contributed by atoms with Crippen LogP contribution < -0.4 is 0 Å². The molecule has 0 aromatic carbocycles. The topological polar surface area (TPSA) is 30.0 Å². The van der Waals surface area contributed by atoms with Gasteiger partial charge >= 0.3 is 0 Å². The van der Waals surface area contributed by atoms with E-state index >= 15 is 0 Å². The number of carbonyl (C=O) groups is 1. The van der Waals surface area contributed by atoms with Crippen molar-refractivity contribution in [2.75, 3.05) is 59.4 Å². The molecule has 3 saturated heterocycles. The van der Waals surface area contributed by atoms with Crippen LogP contribution in [-0.4, -0.2) is 96.5 Å². The maximum atomic E-state index is 12.4. The number of carbonyl (C=O) groups excluding carboxylic acids is 1. The Labute approximate surface area is 153 Å². The standard InChI is InChI=1S/C20H36N4O/c1-4-11-23-14-10-20(9-6-19(23)25)17-24(16-15-21(20)3)18-7-12-22(5-2)13-8-18/h4,18H,1,5-17H2,2-3H3/t20-/m0/s1. The number of amides is 1. The fourth-order valence-electron chi connectivity index (χ4n) is 4.99. The van der Waals surface area contributed by atoms with Gasteiger partial charge in [-0.05, 0) is 52.4 Å². The Morgan fingerprint density at radius 2 is 1.92 bits per heavy atom. The van der Waals surface area contributed by atoms with Gasteiger partial charge in [0.2, 0.25) is 5.91 Å². The Balaban J connectivity index is 1.66. The summed E-state index contributed by atoms with van der Waals surface area (Å²) in [5, 5.41) is 0. The van der Waals surface area contributed by atoms with Gasteiger partial charge < -0.3 is 9.80 Å². The summed E-state index contributed by atoms with van der Waals surface area (Å²) in [5.74, 6) is 0.304. The van der Waals surface area contributed by atoms with Crippen LogP contribution in [0.3, 0.4) is 0 Å². The van der Waals surface area contributed by atoms with Crippen molar-refractivity contribution in [2.24, 2.45) is 0 Å². The fraction of sp³-hybridized carbons (Fsp3) is 0.850. The van der Waals surface area contributed by atoms with E-state index in [0.717, 1.165) is 38.5 Å². The number of likely N-dealkylation sites (tertiary alicyclic amines) is 2. The normalized spacial score (nSPS) is 31.4. The summed E-state index contributed by atoms with van der Waals surface area (Å²) >= 11 is 0. The Morgan fingerprint density at radius 3 is 2.60 bits per heavy atom. The van der Waals surface area contributed by atoms with Gasteiger partial charge in [-0.3, -0.25) is 14.6 Å². The Bertz CT molecular complexity index is 474. The summed E-state index contributed by atoms with van der Waals surface area (Å²) in [5.41, 5.74) is 0.172. The van der Waals surface area contributed by atoms with Crippen LogP contribution in [-0.2, 0) is 4.79 Å². The van der Waals surface area contributed by atoms with E-state index in [2.05, 4.69) is 35.3 Å². The summed E-state index contributed by atoms with van der Waals surface area (Å²) < 4.78 is 0. The molecule has 1 amide bonds. The van der Waals surface area contributed by atoms with Gasteiger partial charge in [-0.15, -0.1) is 6.58 Å². The van der Waals surface area contributed by atoms with E-state index in [-0.39, 0.29) is 5.54 Å². The van der Waals surface area contributed by atoms with Crippen molar-refractivity contribution in [1.29, 1.82) is 0 Å². The predicted octanol–water partition coefficient (Wildman–Crippen LogP) is 1.66. The molecule has 1 atom stereocenters. The summed E-state index contributed by atoms with van der Waals surface area (Å²) in [6.45, 7) is 14.7. The van der Waals surface area contributed by atoms with Gasteiger partial charge in [0.05, 0.1) is 0 Å². The number of likely N-dealkylation sites (N-methyl/N-ethyl adjacent to an activating group) is 1. The second-order valence-corrected chi connectivity index (χ2v) is 8.16. The minimum absolute atomic E-state index is 0.172. The molecule has 0 bridgehead atoms. The third-order valence-corrected chi connectivity index (χ3v) is 6.90. The summed E-state index contributed by atoms with van der Waals surface area (Å²) in [6.07, 6.45) is 7.23. The first kappa shape index (κ1) is 18.9. The monoisotopic (exact) mass is 348 g/mol. The van der Waals surface area contributed by atoms with Crippen molar-refractivity contribution in [1.82, 2.24) is 19.6 Å². The van der Waals surface area contributed by atoms with E-state index in [1.165, 1.54) is 39.0 Å². The molecule has 0 radical (unpaired) electrons. The highest BCUT2D eigenvalue weighted by atomic mass is 16.2. The van der Waals surface area contributed by atoms with Crippen molar-refractivity contribution < 1.29 is 4.79 Å². The van der Waals surface area contributed by atoms with E-state index < -0.39 is 0 Å². The van der Waals surface area contributed by atoms with Crippen LogP contribution in [0.25, 0.3) is 0 Å². The quantitative estimate of drug-likeness (QED) is 0.723. The lowest BCUT2D eigenvalue weighted by Gasteiger charge is -2.52. The first-order valence-electron chi connectivity index (χ1n) is 10.1. The van der Waals surface area contributed by atoms with Gasteiger partial charge in [0.25, 0.3) is 0 Å². The molecule has 0 aromatic heterocycles. The van der Waals surface area contributed by atoms with E-state index in [9.17, 15) is 4.79 Å². The zero-order valence-corrected chi connectivity index (χ0v) is 16.3. The molecule has 1 spiro atoms. The lowest BCUT2D eigenvalue weighted by atomic mass is 9.85. The number of nitrogens with zero attached hydrogens (tertiary/aromatic N) is 4. The van der Waals surface area contributed by atoms with E-state index in [4.69, 9.17) is 0 Å². The molecular weight excluding hydrogens is 312 g/mol. The van der Waals surface area contributed by atoms with Gasteiger partial charge in [0.15, 0.2) is 0 Å². The number of piperidine rings is 1. The molecule has 3 heterocycles. The molecule has 0 saturated carbocycles. The second kappa shape index (κ2) is 8.19. The van der Waals surface area contributed by atoms with Crippen molar-refractivity contribution in [3.05, 3.63) is 12.7 Å². The van der Waals surface area contributed by atoms with Crippen LogP contribution in [0.5, 0.6) is 0 Å². The van der Waals surface area contributed by atoms with Crippen molar-refractivity contribution in [2.45, 2.75) is 50.6 Å². The smallest absolute Gasteiger partial charge is 0.222 e. The lowest BCUT2D eigenvalue weighted by Crippen LogP contribution is -2.63. The Hall–Kier alpha value is -0.910. The summed E-state index contributed by atoms with van der Waals surface area (Å²) in [4.78, 5) is 22.3. The van der Waals surface area contributed by atoms with Gasteiger partial charge in [0.1, 0.15) is 0 Å². The third-order valence-electron chi connectivity index (χ3n) is 6.90. The van der Waals surface area contributed by atoms with Crippen molar-refractivity contribution in [3.8, 4) is 0 Å². The van der Waals surface area contributed by atoms with Crippen LogP contribution in [0.1, 0.15) is 39.0 Å². The molecule has 0 N–H and O–H groups in total. The lowest BCUT2D eigenvalue weighted by molar-refractivity contribution is -0.130. The Morgan fingerprint density at radius 1 is 1.16 bits per heavy atom. The van der Waals surface area contributed by atoms with Crippen LogP contribution in [0.15, 0.2) is 12.7 Å². The second-order valence-electron chi connectivity index (χ2n) is 8.16. The summed E-state index contributed by atoms with van der Waals surface area (Å²) in [6, 6.07) is 0.733. The summed E-state index contributed by atoms with van der Waals surface area (Å²) in [7, 11) is 2.27. The molecule has 5 nitrogen and oxygen atoms in total. The maximum Gasteiger partial charge on any atom is 0.222 e.